The lowest BCUT2D eigenvalue weighted by molar-refractivity contribution is -0.137. The van der Waals surface area contributed by atoms with Crippen LogP contribution in [0.25, 0.3) is 0 Å². The van der Waals surface area contributed by atoms with Gasteiger partial charge in [-0.15, -0.1) is 0 Å². The van der Waals surface area contributed by atoms with Gasteiger partial charge < -0.3 is 25.7 Å². The highest BCUT2D eigenvalue weighted by Crippen LogP contribution is 2.17. The summed E-state index contributed by atoms with van der Waals surface area (Å²) in [5.41, 5.74) is 1.22. The monoisotopic (exact) mass is 466 g/mol. The molecule has 0 radical (unpaired) electrons. The fourth-order valence-corrected chi connectivity index (χ4v) is 3.80. The lowest BCUT2D eigenvalue weighted by Crippen LogP contribution is -2.51. The molecule has 0 saturated carbocycles. The zero-order valence-electron chi connectivity index (χ0n) is 19.1. The van der Waals surface area contributed by atoms with Gasteiger partial charge in [0.2, 0.25) is 11.8 Å². The standard InChI is InChI=1S/C25H30N4O5/c1-2-34-22(30)11-10-19(16-18-12-14-27-23(18)31)28-25(33)21(15-17-7-4-3-5-8-17)29-24(32)20-9-6-13-26-20/h3-11,13,18-19,21,26H,2,12,14-16H2,1H3,(H,27,31)(H,28,33)(H,29,32)/b11-10+/t18-,19+,21-/m0/s1. The number of H-pyrrole nitrogens is 1. The van der Waals surface area contributed by atoms with Crippen LogP contribution in [0.3, 0.4) is 0 Å². The molecule has 0 spiro atoms. The van der Waals surface area contributed by atoms with E-state index in [1.807, 2.05) is 30.3 Å². The molecule has 180 valence electrons. The quantitative estimate of drug-likeness (QED) is 0.295. The maximum absolute atomic E-state index is 13.3. The van der Waals surface area contributed by atoms with Gasteiger partial charge in [-0.1, -0.05) is 36.4 Å². The molecule has 1 aliphatic rings. The Balaban J connectivity index is 1.76. The average Bonchev–Trinajstić information content (AvgIpc) is 3.50. The summed E-state index contributed by atoms with van der Waals surface area (Å²) in [5, 5.41) is 8.46. The van der Waals surface area contributed by atoms with Gasteiger partial charge in [-0.3, -0.25) is 14.4 Å². The number of carbonyl (C=O) groups is 4. The molecule has 0 aliphatic carbocycles. The maximum atomic E-state index is 13.3. The van der Waals surface area contributed by atoms with Crippen LogP contribution in [0, 0.1) is 5.92 Å². The molecule has 4 N–H and O–H groups in total. The van der Waals surface area contributed by atoms with E-state index in [1.54, 1.807) is 25.3 Å². The number of benzene rings is 1. The lowest BCUT2D eigenvalue weighted by atomic mass is 9.97. The molecule has 3 amide bonds. The minimum absolute atomic E-state index is 0.0790. The van der Waals surface area contributed by atoms with Crippen molar-refractivity contribution < 1.29 is 23.9 Å². The molecule has 0 bridgehead atoms. The number of hydrogen-bond donors (Lipinski definition) is 4. The second kappa shape index (κ2) is 12.4. The molecule has 1 aromatic heterocycles. The van der Waals surface area contributed by atoms with Gasteiger partial charge in [0.05, 0.1) is 6.61 Å². The van der Waals surface area contributed by atoms with Crippen LogP contribution in [-0.2, 0) is 25.5 Å². The van der Waals surface area contributed by atoms with Crippen LogP contribution >= 0.6 is 0 Å². The zero-order chi connectivity index (χ0) is 24.3. The SMILES string of the molecule is CCOC(=O)/C=C/[C@H](C[C@@H]1CCNC1=O)NC(=O)[C@H](Cc1ccccc1)NC(=O)c1ccc[nH]1. The number of amides is 3. The van der Waals surface area contributed by atoms with Crippen molar-refractivity contribution in [1.82, 2.24) is 20.9 Å². The number of ether oxygens (including phenoxy) is 1. The highest BCUT2D eigenvalue weighted by molar-refractivity contribution is 5.96. The normalized spacial score (nSPS) is 17.1. The van der Waals surface area contributed by atoms with Gasteiger partial charge in [-0.25, -0.2) is 4.79 Å². The lowest BCUT2D eigenvalue weighted by Gasteiger charge is -2.23. The van der Waals surface area contributed by atoms with Crippen LogP contribution in [-0.4, -0.2) is 53.9 Å². The first kappa shape index (κ1) is 24.8. The predicted molar refractivity (Wildman–Crippen MR) is 126 cm³/mol. The first-order chi connectivity index (χ1) is 16.5. The molecule has 1 saturated heterocycles. The van der Waals surface area contributed by atoms with E-state index in [0.717, 1.165) is 5.56 Å². The zero-order valence-corrected chi connectivity index (χ0v) is 19.1. The molecule has 1 aromatic carbocycles. The number of rotatable bonds is 11. The van der Waals surface area contributed by atoms with Crippen molar-refractivity contribution >= 4 is 23.7 Å². The molecule has 0 unspecified atom stereocenters. The molecular weight excluding hydrogens is 436 g/mol. The molecule has 9 nitrogen and oxygen atoms in total. The van der Waals surface area contributed by atoms with Crippen LogP contribution in [0.1, 0.15) is 35.8 Å². The molecule has 34 heavy (non-hydrogen) atoms. The number of aromatic amines is 1. The van der Waals surface area contributed by atoms with Gasteiger partial charge in [0.1, 0.15) is 11.7 Å². The first-order valence-corrected chi connectivity index (χ1v) is 11.4. The fourth-order valence-electron chi connectivity index (χ4n) is 3.80. The maximum Gasteiger partial charge on any atom is 0.330 e. The topological polar surface area (TPSA) is 129 Å². The highest BCUT2D eigenvalue weighted by Gasteiger charge is 2.29. The molecule has 1 fully saturated rings. The van der Waals surface area contributed by atoms with Crippen molar-refractivity contribution in [1.29, 1.82) is 0 Å². The third-order valence-corrected chi connectivity index (χ3v) is 5.53. The Morgan fingerprint density at radius 3 is 2.59 bits per heavy atom. The Kier molecular flexibility index (Phi) is 9.02. The van der Waals surface area contributed by atoms with Gasteiger partial charge in [-0.05, 0) is 37.5 Å². The summed E-state index contributed by atoms with van der Waals surface area (Å²) in [7, 11) is 0. The number of carbonyl (C=O) groups excluding carboxylic acids is 4. The Bertz CT molecular complexity index is 1000. The molecule has 2 aromatic rings. The summed E-state index contributed by atoms with van der Waals surface area (Å²) in [6.07, 6.45) is 5.67. The smallest absolute Gasteiger partial charge is 0.330 e. The third-order valence-electron chi connectivity index (χ3n) is 5.53. The van der Waals surface area contributed by atoms with E-state index in [0.29, 0.717) is 25.1 Å². The highest BCUT2D eigenvalue weighted by atomic mass is 16.5. The van der Waals surface area contributed by atoms with Crippen molar-refractivity contribution in [2.75, 3.05) is 13.2 Å². The molecule has 2 heterocycles. The van der Waals surface area contributed by atoms with E-state index in [1.165, 1.54) is 12.2 Å². The Labute approximate surface area is 198 Å². The number of aromatic nitrogens is 1. The summed E-state index contributed by atoms with van der Waals surface area (Å²) in [4.78, 5) is 52.7. The third kappa shape index (κ3) is 7.33. The molecule has 1 aliphatic heterocycles. The predicted octanol–water partition coefficient (Wildman–Crippen LogP) is 1.49. The van der Waals surface area contributed by atoms with Crippen molar-refractivity contribution in [2.45, 2.75) is 38.3 Å². The van der Waals surface area contributed by atoms with Crippen LogP contribution in [0.15, 0.2) is 60.8 Å². The first-order valence-electron chi connectivity index (χ1n) is 11.4. The summed E-state index contributed by atoms with van der Waals surface area (Å²) < 4.78 is 4.93. The minimum atomic E-state index is -0.867. The van der Waals surface area contributed by atoms with Crippen LogP contribution < -0.4 is 16.0 Å². The van der Waals surface area contributed by atoms with E-state index in [4.69, 9.17) is 4.74 Å². The second-order valence-corrected chi connectivity index (χ2v) is 8.04. The van der Waals surface area contributed by atoms with Gasteiger partial charge >= 0.3 is 5.97 Å². The summed E-state index contributed by atoms with van der Waals surface area (Å²) in [6, 6.07) is 11.2. The Morgan fingerprint density at radius 1 is 1.15 bits per heavy atom. The van der Waals surface area contributed by atoms with Crippen molar-refractivity contribution in [3.63, 3.8) is 0 Å². The van der Waals surface area contributed by atoms with Gasteiger partial charge in [0.15, 0.2) is 0 Å². The van der Waals surface area contributed by atoms with Crippen molar-refractivity contribution in [2.24, 2.45) is 5.92 Å². The number of hydrogen-bond acceptors (Lipinski definition) is 5. The van der Waals surface area contributed by atoms with E-state index in [-0.39, 0.29) is 24.9 Å². The van der Waals surface area contributed by atoms with Crippen LogP contribution in [0.2, 0.25) is 0 Å². The van der Waals surface area contributed by atoms with Gasteiger partial charge in [0, 0.05) is 37.2 Å². The summed E-state index contributed by atoms with van der Waals surface area (Å²) in [5.74, 6) is -1.71. The van der Waals surface area contributed by atoms with E-state index in [2.05, 4.69) is 20.9 Å². The van der Waals surface area contributed by atoms with Crippen molar-refractivity contribution in [3.05, 3.63) is 72.1 Å². The van der Waals surface area contributed by atoms with Crippen molar-refractivity contribution in [3.8, 4) is 0 Å². The summed E-state index contributed by atoms with van der Waals surface area (Å²) in [6.45, 7) is 2.51. The second-order valence-electron chi connectivity index (χ2n) is 8.04. The fraction of sp³-hybridized carbons (Fsp3) is 0.360. The largest absolute Gasteiger partial charge is 0.463 e. The average molecular weight is 467 g/mol. The number of esters is 1. The van der Waals surface area contributed by atoms with E-state index < -0.39 is 29.9 Å². The van der Waals surface area contributed by atoms with Crippen LogP contribution in [0.5, 0.6) is 0 Å². The number of nitrogens with one attached hydrogen (secondary N) is 4. The molecular formula is C25H30N4O5. The van der Waals surface area contributed by atoms with Crippen LogP contribution in [0.4, 0.5) is 0 Å². The van der Waals surface area contributed by atoms with E-state index in [9.17, 15) is 19.2 Å². The van der Waals surface area contributed by atoms with Gasteiger partial charge in [0.25, 0.3) is 5.91 Å². The molecule has 9 heteroatoms. The molecule has 3 rings (SSSR count). The Hall–Kier alpha value is -3.88. The minimum Gasteiger partial charge on any atom is -0.463 e. The van der Waals surface area contributed by atoms with Gasteiger partial charge in [-0.2, -0.15) is 0 Å². The molecule has 3 atom stereocenters. The Morgan fingerprint density at radius 2 is 1.94 bits per heavy atom. The summed E-state index contributed by atoms with van der Waals surface area (Å²) >= 11 is 0. The van der Waals surface area contributed by atoms with E-state index >= 15 is 0 Å².